The second kappa shape index (κ2) is 12.8. The molecule has 48 heavy (non-hydrogen) atoms. The first kappa shape index (κ1) is 33.3. The number of halogens is 5. The number of benzene rings is 2. The van der Waals surface area contributed by atoms with Crippen LogP contribution in [-0.2, 0) is 0 Å². The molecule has 250 valence electrons. The van der Waals surface area contributed by atoms with Gasteiger partial charge in [-0.25, -0.2) is 22.5 Å². The Bertz CT molecular complexity index is 2110. The van der Waals surface area contributed by atoms with Crippen LogP contribution in [0.25, 0.3) is 32.1 Å². The van der Waals surface area contributed by atoms with Gasteiger partial charge in [-0.05, 0) is 51.6 Å². The van der Waals surface area contributed by atoms with Gasteiger partial charge in [-0.1, -0.05) is 23.7 Å². The maximum absolute atomic E-state index is 16.9. The first-order valence-electron chi connectivity index (χ1n) is 14.8. The van der Waals surface area contributed by atoms with E-state index in [4.69, 9.17) is 27.8 Å². The fraction of sp³-hybridized carbons (Fsp3) is 0.312. The van der Waals surface area contributed by atoms with E-state index in [1.165, 1.54) is 12.3 Å². The van der Waals surface area contributed by atoms with Crippen LogP contribution in [0.4, 0.5) is 34.2 Å². The van der Waals surface area contributed by atoms with Gasteiger partial charge < -0.3 is 26.6 Å². The number of nitrogen functional groups attached to an aromatic ring is 2. The third kappa shape index (κ3) is 5.53. The Labute approximate surface area is 280 Å². The molecule has 6 N–H and O–H groups in total. The average Bonchev–Trinajstić information content (AvgIpc) is 3.60. The molecule has 5 aromatic rings. The summed E-state index contributed by atoms with van der Waals surface area (Å²) in [5, 5.41) is 23.8. The van der Waals surface area contributed by atoms with E-state index in [1.54, 1.807) is 37.9 Å². The van der Waals surface area contributed by atoms with Gasteiger partial charge in [0.1, 0.15) is 45.9 Å². The van der Waals surface area contributed by atoms with Crippen LogP contribution in [0.2, 0.25) is 5.02 Å². The lowest BCUT2D eigenvalue weighted by Crippen LogP contribution is -2.44. The SMILES string of the molecule is C[C@H](Oc1nc(N[C@H](C)c2cccnc2N)c2c(O)c(Cl)c(-c3ccc(F)c4sc(N)c(C#N)c34)c(F)c2n1)[C@@H]1[C@H](C(F)F)CCN1C. The number of fused-ring (bicyclic) bond motifs is 2. The van der Waals surface area contributed by atoms with Gasteiger partial charge in [-0.3, -0.25) is 4.90 Å². The molecule has 4 atom stereocenters. The number of likely N-dealkylation sites (tertiary alicyclic amines) is 1. The van der Waals surface area contributed by atoms with E-state index in [9.17, 15) is 23.5 Å². The molecule has 0 radical (unpaired) electrons. The summed E-state index contributed by atoms with van der Waals surface area (Å²) in [6.07, 6.45) is -1.68. The van der Waals surface area contributed by atoms with E-state index in [2.05, 4.69) is 20.3 Å². The van der Waals surface area contributed by atoms with Crippen LogP contribution >= 0.6 is 22.9 Å². The molecule has 1 fully saturated rings. The van der Waals surface area contributed by atoms with Crippen LogP contribution in [0, 0.1) is 28.9 Å². The van der Waals surface area contributed by atoms with Gasteiger partial charge in [0.15, 0.2) is 5.82 Å². The van der Waals surface area contributed by atoms with Gasteiger partial charge in [0, 0.05) is 28.6 Å². The van der Waals surface area contributed by atoms with Crippen molar-refractivity contribution in [1.29, 1.82) is 5.26 Å². The molecule has 6 rings (SSSR count). The fourth-order valence-corrected chi connectivity index (χ4v) is 7.69. The molecule has 0 saturated carbocycles. The van der Waals surface area contributed by atoms with E-state index in [-0.39, 0.29) is 61.2 Å². The van der Waals surface area contributed by atoms with E-state index < -0.39 is 58.5 Å². The smallest absolute Gasteiger partial charge is 0.319 e. The van der Waals surface area contributed by atoms with Crippen molar-refractivity contribution in [2.75, 3.05) is 30.4 Å². The number of nitrogens with two attached hydrogens (primary N) is 2. The van der Waals surface area contributed by atoms with E-state index >= 15 is 4.39 Å². The summed E-state index contributed by atoms with van der Waals surface area (Å²) < 4.78 is 65.7. The van der Waals surface area contributed by atoms with Crippen LogP contribution in [0.3, 0.4) is 0 Å². The Morgan fingerprint density at radius 2 is 1.94 bits per heavy atom. The van der Waals surface area contributed by atoms with Crippen LogP contribution in [0.1, 0.15) is 37.4 Å². The van der Waals surface area contributed by atoms with Crippen molar-refractivity contribution in [2.45, 2.75) is 44.9 Å². The number of pyridine rings is 1. The van der Waals surface area contributed by atoms with Crippen LogP contribution in [-0.4, -0.2) is 57.1 Å². The molecule has 0 amide bonds. The van der Waals surface area contributed by atoms with Crippen LogP contribution < -0.4 is 21.5 Å². The predicted octanol–water partition coefficient (Wildman–Crippen LogP) is 7.11. The number of aromatic nitrogens is 3. The van der Waals surface area contributed by atoms with Gasteiger partial charge >= 0.3 is 6.01 Å². The molecule has 0 unspecified atom stereocenters. The van der Waals surface area contributed by atoms with Gasteiger partial charge in [0.25, 0.3) is 0 Å². The number of ether oxygens (including phenoxy) is 1. The molecule has 0 bridgehead atoms. The molecule has 10 nitrogen and oxygen atoms in total. The number of hydrogen-bond acceptors (Lipinski definition) is 11. The second-order valence-corrected chi connectivity index (χ2v) is 13.0. The number of nitrogens with zero attached hydrogens (tertiary/aromatic N) is 5. The van der Waals surface area contributed by atoms with Crippen molar-refractivity contribution >= 4 is 60.6 Å². The van der Waals surface area contributed by atoms with Crippen molar-refractivity contribution in [2.24, 2.45) is 5.92 Å². The molecule has 1 aliphatic rings. The van der Waals surface area contributed by atoms with Crippen molar-refractivity contribution in [3.8, 4) is 29.0 Å². The van der Waals surface area contributed by atoms with E-state index in [1.807, 2.05) is 6.07 Å². The highest BCUT2D eigenvalue weighted by atomic mass is 35.5. The van der Waals surface area contributed by atoms with Crippen molar-refractivity contribution < 1.29 is 27.4 Å². The maximum atomic E-state index is 16.9. The standard InChI is InChI=1S/C32H29ClF4N8O2S/c1-12(14-5-4-9-41-29(14)39)42-31-21-24(43-32(44-31)47-13(2)25-16(28(36)37)8-10-45(25)3)23(35)20(22(33)26(21)46)15-6-7-18(34)27-19(15)17(11-38)30(40)48-27/h4-7,9,12-13,16,25,28,46H,8,10,40H2,1-3H3,(H2,39,41)(H,42,43,44)/t12-,13+,16-,25-/m1/s1. The molecule has 4 heterocycles. The Hall–Kier alpha value is -4.65. The zero-order valence-corrected chi connectivity index (χ0v) is 27.3. The minimum Gasteiger partial charge on any atom is -0.506 e. The normalized spacial score (nSPS) is 18.0. The van der Waals surface area contributed by atoms with Crippen molar-refractivity contribution in [3.63, 3.8) is 0 Å². The topological polar surface area (TPSA) is 159 Å². The number of alkyl halides is 2. The molecule has 2 aromatic carbocycles. The third-order valence-electron chi connectivity index (χ3n) is 8.73. The summed E-state index contributed by atoms with van der Waals surface area (Å²) in [7, 11) is 1.71. The molecular formula is C32H29ClF4N8O2S. The van der Waals surface area contributed by atoms with Gasteiger partial charge in [-0.15, -0.1) is 11.3 Å². The predicted molar refractivity (Wildman–Crippen MR) is 177 cm³/mol. The Balaban J connectivity index is 1.57. The van der Waals surface area contributed by atoms with Crippen LogP contribution in [0.5, 0.6) is 11.8 Å². The lowest BCUT2D eigenvalue weighted by atomic mass is 9.96. The highest BCUT2D eigenvalue weighted by Crippen LogP contribution is 2.49. The summed E-state index contributed by atoms with van der Waals surface area (Å²) >= 11 is 7.48. The summed E-state index contributed by atoms with van der Waals surface area (Å²) in [5.41, 5.74) is 11.7. The number of rotatable bonds is 8. The number of likely N-dealkylation sites (N-methyl/N-ethyl adjacent to an activating group) is 1. The number of nitrogens with one attached hydrogen (secondary N) is 1. The van der Waals surface area contributed by atoms with Crippen LogP contribution in [0.15, 0.2) is 30.5 Å². The summed E-state index contributed by atoms with van der Waals surface area (Å²) in [5.74, 6) is -3.22. The molecule has 0 aliphatic carbocycles. The molecule has 16 heteroatoms. The third-order valence-corrected chi connectivity index (χ3v) is 10.1. The van der Waals surface area contributed by atoms with Gasteiger partial charge in [0.2, 0.25) is 6.43 Å². The zero-order chi connectivity index (χ0) is 34.6. The number of anilines is 3. The number of thiophene rings is 1. The summed E-state index contributed by atoms with van der Waals surface area (Å²) in [6, 6.07) is 5.96. The average molecular weight is 701 g/mol. The first-order chi connectivity index (χ1) is 22.8. The number of nitriles is 1. The van der Waals surface area contributed by atoms with Crippen molar-refractivity contribution in [1.82, 2.24) is 19.9 Å². The first-order valence-corrected chi connectivity index (χ1v) is 16.0. The Morgan fingerprint density at radius 3 is 2.62 bits per heavy atom. The van der Waals surface area contributed by atoms with E-state index in [0.717, 1.165) is 17.4 Å². The van der Waals surface area contributed by atoms with Crippen molar-refractivity contribution in [3.05, 3.63) is 58.2 Å². The Kier molecular flexibility index (Phi) is 8.84. The molecule has 1 aliphatic heterocycles. The maximum Gasteiger partial charge on any atom is 0.319 e. The lowest BCUT2D eigenvalue weighted by molar-refractivity contribution is 0.0149. The minimum absolute atomic E-state index is 0.00311. The summed E-state index contributed by atoms with van der Waals surface area (Å²) in [4.78, 5) is 14.6. The minimum atomic E-state index is -2.59. The number of aromatic hydroxyl groups is 1. The zero-order valence-electron chi connectivity index (χ0n) is 25.7. The highest BCUT2D eigenvalue weighted by molar-refractivity contribution is 7.23. The molecular weight excluding hydrogens is 672 g/mol. The Morgan fingerprint density at radius 1 is 1.19 bits per heavy atom. The molecule has 3 aromatic heterocycles. The lowest BCUT2D eigenvalue weighted by Gasteiger charge is -2.30. The number of phenolic OH excluding ortho intramolecular Hbond substituents is 1. The fourth-order valence-electron chi connectivity index (χ4n) is 6.46. The summed E-state index contributed by atoms with van der Waals surface area (Å²) in [6.45, 7) is 3.76. The van der Waals surface area contributed by atoms with E-state index in [0.29, 0.717) is 12.1 Å². The molecule has 1 saturated heterocycles. The largest absolute Gasteiger partial charge is 0.506 e. The number of phenols is 1. The number of hydrogen-bond donors (Lipinski definition) is 4. The molecule has 0 spiro atoms. The van der Waals surface area contributed by atoms with Gasteiger partial charge in [-0.2, -0.15) is 15.2 Å². The monoisotopic (exact) mass is 700 g/mol. The quantitative estimate of drug-likeness (QED) is 0.123. The second-order valence-electron chi connectivity index (χ2n) is 11.6. The highest BCUT2D eigenvalue weighted by Gasteiger charge is 2.42. The van der Waals surface area contributed by atoms with Gasteiger partial charge in [0.05, 0.1) is 32.8 Å².